The Morgan fingerprint density at radius 3 is 2.76 bits per heavy atom. The number of nitrogens with one attached hydrogen (secondary N) is 1. The molecular weight excluding hydrogens is 423 g/mol. The van der Waals surface area contributed by atoms with Crippen LogP contribution in [-0.2, 0) is 17.8 Å². The van der Waals surface area contributed by atoms with Crippen LogP contribution in [0.2, 0.25) is 0 Å². The van der Waals surface area contributed by atoms with E-state index in [-0.39, 0.29) is 17.6 Å². The second-order valence-electron chi connectivity index (χ2n) is 8.34. The summed E-state index contributed by atoms with van der Waals surface area (Å²) in [5.74, 6) is 1.54. The molecule has 1 fully saturated rings. The molecule has 4 rings (SSSR count). The van der Waals surface area contributed by atoms with Gasteiger partial charge in [0.1, 0.15) is 11.6 Å². The molecule has 0 saturated carbocycles. The molecule has 2 heterocycles. The van der Waals surface area contributed by atoms with E-state index in [4.69, 9.17) is 9.26 Å². The Morgan fingerprint density at radius 1 is 1.21 bits per heavy atom. The summed E-state index contributed by atoms with van der Waals surface area (Å²) in [7, 11) is 1.66. The molecule has 1 amide bonds. The fourth-order valence-corrected chi connectivity index (χ4v) is 4.08. The molecule has 0 bridgehead atoms. The molecule has 7 nitrogen and oxygen atoms in total. The zero-order valence-electron chi connectivity index (χ0n) is 18.8. The molecule has 0 radical (unpaired) electrons. The molecule has 1 aromatic heterocycles. The zero-order chi connectivity index (χ0) is 23.0. The highest BCUT2D eigenvalue weighted by Gasteiger charge is 2.26. The van der Waals surface area contributed by atoms with Gasteiger partial charge in [-0.15, -0.1) is 0 Å². The van der Waals surface area contributed by atoms with Crippen molar-refractivity contribution in [2.45, 2.75) is 32.2 Å². The van der Waals surface area contributed by atoms with Crippen LogP contribution in [0, 0.1) is 11.7 Å². The average molecular weight is 453 g/mol. The first-order valence-electron chi connectivity index (χ1n) is 11.3. The van der Waals surface area contributed by atoms with Crippen molar-refractivity contribution in [3.63, 3.8) is 0 Å². The van der Waals surface area contributed by atoms with Gasteiger partial charge in [-0.05, 0) is 74.2 Å². The molecule has 3 aromatic rings. The van der Waals surface area contributed by atoms with Crippen molar-refractivity contribution in [2.75, 3.05) is 26.7 Å². The number of carbonyl (C=O) groups excluding carboxylic acids is 1. The predicted molar refractivity (Wildman–Crippen MR) is 122 cm³/mol. The summed E-state index contributed by atoms with van der Waals surface area (Å²) in [6.07, 6.45) is 3.63. The number of ether oxygens (including phenoxy) is 1. The van der Waals surface area contributed by atoms with Gasteiger partial charge in [-0.3, -0.25) is 9.69 Å². The Labute approximate surface area is 192 Å². The topological polar surface area (TPSA) is 80.5 Å². The SMILES string of the molecule is COc1ccc(CCCNC(=O)C2CCCN(Cc3nc(-c4ccc(F)cc4)no3)C2)cc1. The van der Waals surface area contributed by atoms with Gasteiger partial charge in [0.25, 0.3) is 0 Å². The number of carbonyl (C=O) groups is 1. The summed E-state index contributed by atoms with van der Waals surface area (Å²) in [6, 6.07) is 14.0. The molecule has 1 aliphatic heterocycles. The van der Waals surface area contributed by atoms with E-state index in [2.05, 4.69) is 32.5 Å². The van der Waals surface area contributed by atoms with E-state index in [1.807, 2.05) is 12.1 Å². The monoisotopic (exact) mass is 452 g/mol. The lowest BCUT2D eigenvalue weighted by atomic mass is 9.97. The minimum absolute atomic E-state index is 0.0424. The first-order valence-corrected chi connectivity index (χ1v) is 11.3. The third-order valence-electron chi connectivity index (χ3n) is 5.91. The van der Waals surface area contributed by atoms with Crippen LogP contribution in [0.4, 0.5) is 4.39 Å². The number of nitrogens with zero attached hydrogens (tertiary/aromatic N) is 3. The minimum Gasteiger partial charge on any atom is -0.497 e. The quantitative estimate of drug-likeness (QED) is 0.497. The Morgan fingerprint density at radius 2 is 2.00 bits per heavy atom. The van der Waals surface area contributed by atoms with Gasteiger partial charge >= 0.3 is 0 Å². The van der Waals surface area contributed by atoms with E-state index in [9.17, 15) is 9.18 Å². The Bertz CT molecular complexity index is 1040. The van der Waals surface area contributed by atoms with Crippen molar-refractivity contribution >= 4 is 5.91 Å². The number of piperidine rings is 1. The second-order valence-corrected chi connectivity index (χ2v) is 8.34. The van der Waals surface area contributed by atoms with Crippen LogP contribution in [0.15, 0.2) is 53.1 Å². The summed E-state index contributed by atoms with van der Waals surface area (Å²) in [4.78, 5) is 19.3. The standard InChI is InChI=1S/C25H29FN4O3/c1-32-22-12-6-18(7-13-22)4-2-14-27-25(31)20-5-3-15-30(16-20)17-23-28-24(29-33-23)19-8-10-21(26)11-9-19/h6-13,20H,2-5,14-17H2,1H3,(H,27,31). The van der Waals surface area contributed by atoms with Crippen LogP contribution in [0.5, 0.6) is 5.75 Å². The number of aromatic nitrogens is 2. The molecule has 174 valence electrons. The van der Waals surface area contributed by atoms with Gasteiger partial charge in [0.2, 0.25) is 17.6 Å². The maximum Gasteiger partial charge on any atom is 0.241 e. The number of hydrogen-bond donors (Lipinski definition) is 1. The van der Waals surface area contributed by atoms with Crippen molar-refractivity contribution < 1.29 is 18.4 Å². The second kappa shape index (κ2) is 11.0. The predicted octanol–water partition coefficient (Wildman–Crippen LogP) is 3.85. The highest BCUT2D eigenvalue weighted by Crippen LogP contribution is 2.21. The zero-order valence-corrected chi connectivity index (χ0v) is 18.8. The van der Waals surface area contributed by atoms with Crippen LogP contribution in [0.25, 0.3) is 11.4 Å². The first kappa shape index (κ1) is 22.9. The third kappa shape index (κ3) is 6.38. The molecule has 33 heavy (non-hydrogen) atoms. The van der Waals surface area contributed by atoms with Crippen molar-refractivity contribution in [1.82, 2.24) is 20.4 Å². The smallest absolute Gasteiger partial charge is 0.241 e. The van der Waals surface area contributed by atoms with E-state index >= 15 is 0 Å². The summed E-state index contributed by atoms with van der Waals surface area (Å²) in [5.41, 5.74) is 1.94. The van der Waals surface area contributed by atoms with Gasteiger partial charge in [0.15, 0.2) is 0 Å². The fourth-order valence-electron chi connectivity index (χ4n) is 4.08. The van der Waals surface area contributed by atoms with E-state index in [0.717, 1.165) is 38.0 Å². The molecule has 2 aromatic carbocycles. The minimum atomic E-state index is -0.305. The molecule has 1 unspecified atom stereocenters. The maximum absolute atomic E-state index is 13.1. The largest absolute Gasteiger partial charge is 0.497 e. The number of rotatable bonds is 9. The van der Waals surface area contributed by atoms with Crippen molar-refractivity contribution in [3.05, 3.63) is 65.8 Å². The number of methoxy groups -OCH3 is 1. The molecule has 1 aliphatic rings. The summed E-state index contributed by atoms with van der Waals surface area (Å²) >= 11 is 0. The summed E-state index contributed by atoms with van der Waals surface area (Å²) in [5, 5.41) is 7.09. The number of benzene rings is 2. The summed E-state index contributed by atoms with van der Waals surface area (Å²) in [6.45, 7) is 2.70. The van der Waals surface area contributed by atoms with E-state index in [1.54, 1.807) is 19.2 Å². The number of aryl methyl sites for hydroxylation is 1. The van der Waals surface area contributed by atoms with Gasteiger partial charge < -0.3 is 14.6 Å². The molecular formula is C25H29FN4O3. The Kier molecular flexibility index (Phi) is 7.67. The van der Waals surface area contributed by atoms with E-state index < -0.39 is 0 Å². The van der Waals surface area contributed by atoms with Gasteiger partial charge in [0.05, 0.1) is 19.6 Å². The molecule has 8 heteroatoms. The highest BCUT2D eigenvalue weighted by atomic mass is 19.1. The Balaban J connectivity index is 1.21. The lowest BCUT2D eigenvalue weighted by Crippen LogP contribution is -2.43. The highest BCUT2D eigenvalue weighted by molar-refractivity contribution is 5.78. The van der Waals surface area contributed by atoms with Gasteiger partial charge in [-0.2, -0.15) is 4.98 Å². The first-order chi connectivity index (χ1) is 16.1. The maximum atomic E-state index is 13.1. The lowest BCUT2D eigenvalue weighted by Gasteiger charge is -2.30. The number of hydrogen-bond acceptors (Lipinski definition) is 6. The van der Waals surface area contributed by atoms with Gasteiger partial charge in [-0.25, -0.2) is 4.39 Å². The fraction of sp³-hybridized carbons (Fsp3) is 0.400. The van der Waals surface area contributed by atoms with Crippen molar-refractivity contribution in [3.8, 4) is 17.1 Å². The van der Waals surface area contributed by atoms with Crippen LogP contribution in [-0.4, -0.2) is 47.7 Å². The van der Waals surface area contributed by atoms with Gasteiger partial charge in [-0.1, -0.05) is 17.3 Å². The van der Waals surface area contributed by atoms with Crippen LogP contribution in [0.1, 0.15) is 30.7 Å². The van der Waals surface area contributed by atoms with Crippen molar-refractivity contribution in [2.24, 2.45) is 5.92 Å². The van der Waals surface area contributed by atoms with E-state index in [1.165, 1.54) is 17.7 Å². The summed E-state index contributed by atoms with van der Waals surface area (Å²) < 4.78 is 23.7. The molecule has 1 atom stereocenters. The normalized spacial score (nSPS) is 16.5. The number of likely N-dealkylation sites (tertiary alicyclic amines) is 1. The van der Waals surface area contributed by atoms with E-state index in [0.29, 0.717) is 36.9 Å². The molecule has 1 N–H and O–H groups in total. The Hall–Kier alpha value is -3.26. The molecule has 0 aliphatic carbocycles. The third-order valence-corrected chi connectivity index (χ3v) is 5.91. The van der Waals surface area contributed by atoms with Crippen LogP contribution in [0.3, 0.4) is 0 Å². The molecule has 0 spiro atoms. The number of halogens is 1. The van der Waals surface area contributed by atoms with Crippen molar-refractivity contribution in [1.29, 1.82) is 0 Å². The average Bonchev–Trinajstić information content (AvgIpc) is 3.31. The van der Waals surface area contributed by atoms with Gasteiger partial charge in [0, 0.05) is 18.7 Å². The number of amides is 1. The van der Waals surface area contributed by atoms with Crippen LogP contribution < -0.4 is 10.1 Å². The molecule has 1 saturated heterocycles. The van der Waals surface area contributed by atoms with Crippen LogP contribution >= 0.6 is 0 Å². The lowest BCUT2D eigenvalue weighted by molar-refractivity contribution is -0.126.